The predicted molar refractivity (Wildman–Crippen MR) is 110 cm³/mol. The maximum Gasteiger partial charge on any atom is 0.241 e. The summed E-state index contributed by atoms with van der Waals surface area (Å²) in [4.78, 5) is 0.235. The van der Waals surface area contributed by atoms with Crippen molar-refractivity contribution in [3.8, 4) is 5.75 Å². The Bertz CT molecular complexity index is 1020. The van der Waals surface area contributed by atoms with Crippen molar-refractivity contribution in [2.75, 3.05) is 7.11 Å². The number of halogens is 1. The lowest BCUT2D eigenvalue weighted by Crippen LogP contribution is -2.29. The fourth-order valence-electron chi connectivity index (χ4n) is 2.76. The van der Waals surface area contributed by atoms with Crippen molar-refractivity contribution in [2.24, 2.45) is 0 Å². The van der Waals surface area contributed by atoms with Crippen molar-refractivity contribution in [2.45, 2.75) is 17.9 Å². The zero-order chi connectivity index (χ0) is 19.4. The molecule has 0 aliphatic heterocycles. The Balaban J connectivity index is 2.04. The summed E-state index contributed by atoms with van der Waals surface area (Å²) in [5.41, 5.74) is 2.66. The molecular formula is C21H20BrNO3S. The summed E-state index contributed by atoms with van der Waals surface area (Å²) in [6.45, 7) is 1.92. The number of methoxy groups -OCH3 is 1. The summed E-state index contributed by atoms with van der Waals surface area (Å²) in [6, 6.07) is 21.2. The first-order valence-corrected chi connectivity index (χ1v) is 10.7. The van der Waals surface area contributed by atoms with Crippen LogP contribution >= 0.6 is 15.9 Å². The molecule has 0 amide bonds. The van der Waals surface area contributed by atoms with Crippen LogP contribution in [0.3, 0.4) is 0 Å². The molecule has 1 N–H and O–H groups in total. The van der Waals surface area contributed by atoms with E-state index in [0.29, 0.717) is 5.75 Å². The molecule has 0 saturated carbocycles. The lowest BCUT2D eigenvalue weighted by molar-refractivity contribution is 0.414. The van der Waals surface area contributed by atoms with Crippen LogP contribution in [-0.4, -0.2) is 15.5 Å². The molecule has 3 aromatic rings. The van der Waals surface area contributed by atoms with Crippen LogP contribution in [0.4, 0.5) is 0 Å². The van der Waals surface area contributed by atoms with Gasteiger partial charge in [-0.05, 0) is 48.4 Å². The largest absolute Gasteiger partial charge is 0.497 e. The van der Waals surface area contributed by atoms with Gasteiger partial charge in [-0.2, -0.15) is 4.72 Å². The SMILES string of the molecule is COc1ccc([C@H](NS(=O)(=O)c2ccc(C)cc2)c2ccccc2Br)cc1. The number of rotatable bonds is 6. The molecule has 27 heavy (non-hydrogen) atoms. The molecule has 0 heterocycles. The van der Waals surface area contributed by atoms with Crippen LogP contribution in [0.1, 0.15) is 22.7 Å². The van der Waals surface area contributed by atoms with Gasteiger partial charge >= 0.3 is 0 Å². The van der Waals surface area contributed by atoms with Gasteiger partial charge in [0.15, 0.2) is 0 Å². The van der Waals surface area contributed by atoms with Crippen molar-refractivity contribution >= 4 is 26.0 Å². The van der Waals surface area contributed by atoms with Crippen molar-refractivity contribution in [1.29, 1.82) is 0 Å². The van der Waals surface area contributed by atoms with Gasteiger partial charge in [-0.1, -0.05) is 64.0 Å². The number of hydrogen-bond donors (Lipinski definition) is 1. The lowest BCUT2D eigenvalue weighted by atomic mass is 10.00. The molecule has 0 bridgehead atoms. The molecule has 0 aliphatic carbocycles. The van der Waals surface area contributed by atoms with Crippen LogP contribution in [0.5, 0.6) is 5.75 Å². The van der Waals surface area contributed by atoms with Gasteiger partial charge in [0.05, 0.1) is 18.0 Å². The molecule has 0 fully saturated rings. The molecule has 3 rings (SSSR count). The van der Waals surface area contributed by atoms with E-state index in [2.05, 4.69) is 20.7 Å². The van der Waals surface area contributed by atoms with E-state index in [-0.39, 0.29) is 4.90 Å². The number of benzene rings is 3. The summed E-state index contributed by atoms with van der Waals surface area (Å²) in [6.07, 6.45) is 0. The van der Waals surface area contributed by atoms with Gasteiger partial charge in [0, 0.05) is 4.47 Å². The summed E-state index contributed by atoms with van der Waals surface area (Å²) in [5, 5.41) is 0. The minimum absolute atomic E-state index is 0.235. The van der Waals surface area contributed by atoms with Crippen molar-refractivity contribution < 1.29 is 13.2 Å². The highest BCUT2D eigenvalue weighted by Crippen LogP contribution is 2.31. The van der Waals surface area contributed by atoms with E-state index in [0.717, 1.165) is 21.2 Å². The summed E-state index contributed by atoms with van der Waals surface area (Å²) >= 11 is 3.54. The fourth-order valence-corrected chi connectivity index (χ4v) is 4.47. The molecule has 0 unspecified atom stereocenters. The molecule has 0 saturated heterocycles. The highest BCUT2D eigenvalue weighted by Gasteiger charge is 2.24. The Morgan fingerprint density at radius 3 is 2.15 bits per heavy atom. The molecule has 0 aromatic heterocycles. The second kappa shape index (κ2) is 8.25. The number of nitrogens with one attached hydrogen (secondary N) is 1. The Hall–Kier alpha value is -2.15. The van der Waals surface area contributed by atoms with Crippen LogP contribution in [0.15, 0.2) is 82.2 Å². The van der Waals surface area contributed by atoms with E-state index < -0.39 is 16.1 Å². The first-order valence-electron chi connectivity index (χ1n) is 8.38. The van der Waals surface area contributed by atoms with E-state index in [4.69, 9.17) is 4.74 Å². The van der Waals surface area contributed by atoms with Gasteiger partial charge in [-0.25, -0.2) is 8.42 Å². The second-order valence-electron chi connectivity index (χ2n) is 6.16. The van der Waals surface area contributed by atoms with Crippen LogP contribution < -0.4 is 9.46 Å². The Morgan fingerprint density at radius 1 is 0.926 bits per heavy atom. The van der Waals surface area contributed by atoms with E-state index in [1.54, 1.807) is 31.4 Å². The summed E-state index contributed by atoms with van der Waals surface area (Å²) in [7, 11) is -2.11. The van der Waals surface area contributed by atoms with E-state index in [9.17, 15) is 8.42 Å². The molecule has 140 valence electrons. The number of sulfonamides is 1. The van der Waals surface area contributed by atoms with Gasteiger partial charge in [-0.15, -0.1) is 0 Å². The lowest BCUT2D eigenvalue weighted by Gasteiger charge is -2.21. The quantitative estimate of drug-likeness (QED) is 0.590. The molecular weight excluding hydrogens is 426 g/mol. The van der Waals surface area contributed by atoms with Gasteiger partial charge in [-0.3, -0.25) is 0 Å². The maximum atomic E-state index is 13.0. The third kappa shape index (κ3) is 4.58. The van der Waals surface area contributed by atoms with Crippen LogP contribution in [0, 0.1) is 6.92 Å². The van der Waals surface area contributed by atoms with Crippen molar-refractivity contribution in [3.63, 3.8) is 0 Å². The summed E-state index contributed by atoms with van der Waals surface area (Å²) < 4.78 is 34.9. The first kappa shape index (κ1) is 19.6. The van der Waals surface area contributed by atoms with E-state index >= 15 is 0 Å². The predicted octanol–water partition coefficient (Wildman–Crippen LogP) is 4.83. The molecule has 0 spiro atoms. The van der Waals surface area contributed by atoms with Crippen molar-refractivity contribution in [1.82, 2.24) is 4.72 Å². The monoisotopic (exact) mass is 445 g/mol. The minimum Gasteiger partial charge on any atom is -0.497 e. The standard InChI is InChI=1S/C21H20BrNO3S/c1-15-7-13-18(14-8-15)27(24,25)23-21(19-5-3-4-6-20(19)22)16-9-11-17(26-2)12-10-16/h3-14,21,23H,1-2H3/t21-/m0/s1. The Morgan fingerprint density at radius 2 is 1.56 bits per heavy atom. The Kier molecular flexibility index (Phi) is 5.99. The molecule has 4 nitrogen and oxygen atoms in total. The van der Waals surface area contributed by atoms with Crippen molar-refractivity contribution in [3.05, 3.63) is 94.0 Å². The topological polar surface area (TPSA) is 55.4 Å². The molecule has 0 aliphatic rings. The minimum atomic E-state index is -3.71. The second-order valence-corrected chi connectivity index (χ2v) is 8.73. The van der Waals surface area contributed by atoms with Gasteiger partial charge in [0.25, 0.3) is 0 Å². The number of aryl methyl sites for hydroxylation is 1. The van der Waals surface area contributed by atoms with Crippen LogP contribution in [0.25, 0.3) is 0 Å². The molecule has 0 radical (unpaired) electrons. The third-order valence-corrected chi connectivity index (χ3v) is 6.43. The molecule has 3 aromatic carbocycles. The number of ether oxygens (including phenoxy) is 1. The molecule has 1 atom stereocenters. The van der Waals surface area contributed by atoms with Crippen LogP contribution in [0.2, 0.25) is 0 Å². The zero-order valence-electron chi connectivity index (χ0n) is 15.0. The third-order valence-electron chi connectivity index (χ3n) is 4.27. The van der Waals surface area contributed by atoms with Gasteiger partial charge < -0.3 is 4.74 Å². The van der Waals surface area contributed by atoms with E-state index in [1.165, 1.54) is 0 Å². The van der Waals surface area contributed by atoms with Gasteiger partial charge in [0.2, 0.25) is 10.0 Å². The van der Waals surface area contributed by atoms with Gasteiger partial charge in [0.1, 0.15) is 5.75 Å². The zero-order valence-corrected chi connectivity index (χ0v) is 17.4. The maximum absolute atomic E-state index is 13.0. The van der Waals surface area contributed by atoms with Crippen LogP contribution in [-0.2, 0) is 10.0 Å². The summed E-state index contributed by atoms with van der Waals surface area (Å²) in [5.74, 6) is 0.714. The fraction of sp³-hybridized carbons (Fsp3) is 0.143. The highest BCUT2D eigenvalue weighted by atomic mass is 79.9. The number of hydrogen-bond acceptors (Lipinski definition) is 3. The Labute approximate surface area is 168 Å². The average Bonchev–Trinajstić information content (AvgIpc) is 2.67. The molecule has 6 heteroatoms. The smallest absolute Gasteiger partial charge is 0.241 e. The first-order chi connectivity index (χ1) is 12.9. The average molecular weight is 446 g/mol. The highest BCUT2D eigenvalue weighted by molar-refractivity contribution is 9.10. The normalized spacial score (nSPS) is 12.6. The van der Waals surface area contributed by atoms with E-state index in [1.807, 2.05) is 55.5 Å².